The Morgan fingerprint density at radius 1 is 0.870 bits per heavy atom. The lowest BCUT2D eigenvalue weighted by Gasteiger charge is -2.16. The Kier molecular flexibility index (Phi) is 18.8. The molecule has 0 heterocycles. The Morgan fingerprint density at radius 3 is 2.09 bits per heavy atom. The largest absolute Gasteiger partial charge is 0.388 e. The summed E-state index contributed by atoms with van der Waals surface area (Å²) < 4.78 is 11.0. The SMILES string of the molecule is CCCCCCCCCCCC(C)OCC(O)COCCCS. The first-order valence-electron chi connectivity index (χ1n) is 9.69. The van der Waals surface area contributed by atoms with Gasteiger partial charge >= 0.3 is 0 Å². The number of thiol groups is 1. The van der Waals surface area contributed by atoms with Gasteiger partial charge in [0, 0.05) is 6.61 Å². The van der Waals surface area contributed by atoms with Gasteiger partial charge in [-0.1, -0.05) is 64.7 Å². The fourth-order valence-corrected chi connectivity index (χ4v) is 2.66. The van der Waals surface area contributed by atoms with E-state index in [1.807, 2.05) is 0 Å². The Morgan fingerprint density at radius 2 is 1.48 bits per heavy atom. The maximum Gasteiger partial charge on any atom is 0.101 e. The fraction of sp³-hybridized carbons (Fsp3) is 1.00. The summed E-state index contributed by atoms with van der Waals surface area (Å²) in [7, 11) is 0. The minimum atomic E-state index is -0.513. The fourth-order valence-electron chi connectivity index (χ4n) is 2.54. The molecule has 4 heteroatoms. The molecule has 0 aliphatic carbocycles. The Labute approximate surface area is 149 Å². The summed E-state index contributed by atoms with van der Waals surface area (Å²) >= 11 is 4.12. The van der Waals surface area contributed by atoms with E-state index in [0.29, 0.717) is 19.8 Å². The van der Waals surface area contributed by atoms with Gasteiger partial charge in [0.25, 0.3) is 0 Å². The summed E-state index contributed by atoms with van der Waals surface area (Å²) in [5, 5.41) is 9.76. The van der Waals surface area contributed by atoms with E-state index in [1.165, 1.54) is 57.8 Å². The first-order chi connectivity index (χ1) is 11.2. The third-order valence-electron chi connectivity index (χ3n) is 4.04. The topological polar surface area (TPSA) is 38.7 Å². The Balaban J connectivity index is 3.28. The summed E-state index contributed by atoms with van der Waals surface area (Å²) in [4.78, 5) is 0. The van der Waals surface area contributed by atoms with E-state index in [2.05, 4.69) is 26.5 Å². The molecule has 0 aliphatic heterocycles. The van der Waals surface area contributed by atoms with Crippen molar-refractivity contribution in [2.24, 2.45) is 0 Å². The average molecular weight is 349 g/mol. The van der Waals surface area contributed by atoms with Crippen LogP contribution in [-0.2, 0) is 9.47 Å². The van der Waals surface area contributed by atoms with Gasteiger partial charge in [-0.05, 0) is 25.5 Å². The highest BCUT2D eigenvalue weighted by Gasteiger charge is 2.08. The standard InChI is InChI=1S/C19H40O3S/c1-3-4-5-6-7-8-9-10-11-13-18(2)22-17-19(20)16-21-14-12-15-23/h18-20,23H,3-17H2,1-2H3. The van der Waals surface area contributed by atoms with Gasteiger partial charge in [0.2, 0.25) is 0 Å². The van der Waals surface area contributed by atoms with Crippen molar-refractivity contribution in [3.05, 3.63) is 0 Å². The van der Waals surface area contributed by atoms with Crippen LogP contribution in [0.15, 0.2) is 0 Å². The predicted molar refractivity (Wildman–Crippen MR) is 103 cm³/mol. The van der Waals surface area contributed by atoms with Crippen LogP contribution in [0.25, 0.3) is 0 Å². The van der Waals surface area contributed by atoms with Crippen molar-refractivity contribution in [3.8, 4) is 0 Å². The minimum absolute atomic E-state index is 0.228. The van der Waals surface area contributed by atoms with Crippen molar-refractivity contribution in [1.29, 1.82) is 0 Å². The number of rotatable bonds is 18. The van der Waals surface area contributed by atoms with Gasteiger partial charge in [-0.2, -0.15) is 12.6 Å². The van der Waals surface area contributed by atoms with Gasteiger partial charge in [-0.3, -0.25) is 0 Å². The zero-order valence-corrected chi connectivity index (χ0v) is 16.4. The van der Waals surface area contributed by atoms with Crippen LogP contribution in [-0.4, -0.2) is 42.9 Å². The number of ether oxygens (including phenoxy) is 2. The van der Waals surface area contributed by atoms with Crippen molar-refractivity contribution >= 4 is 12.6 Å². The normalized spacial score (nSPS) is 14.1. The zero-order valence-electron chi connectivity index (χ0n) is 15.5. The van der Waals surface area contributed by atoms with E-state index in [-0.39, 0.29) is 6.10 Å². The molecule has 0 fully saturated rings. The van der Waals surface area contributed by atoms with Gasteiger partial charge in [0.15, 0.2) is 0 Å². The molecule has 2 atom stereocenters. The molecular formula is C19H40O3S. The molecule has 0 spiro atoms. The molecule has 0 amide bonds. The Bertz CT molecular complexity index is 227. The smallest absolute Gasteiger partial charge is 0.101 e. The molecule has 0 bridgehead atoms. The number of hydrogen-bond donors (Lipinski definition) is 2. The average Bonchev–Trinajstić information content (AvgIpc) is 2.55. The van der Waals surface area contributed by atoms with E-state index in [1.54, 1.807) is 0 Å². The lowest BCUT2D eigenvalue weighted by atomic mass is 10.1. The quantitative estimate of drug-likeness (QED) is 0.270. The van der Waals surface area contributed by atoms with Crippen LogP contribution in [0.1, 0.15) is 84.5 Å². The van der Waals surface area contributed by atoms with Crippen LogP contribution < -0.4 is 0 Å². The molecule has 0 saturated heterocycles. The van der Waals surface area contributed by atoms with Gasteiger partial charge in [-0.15, -0.1) is 0 Å². The van der Waals surface area contributed by atoms with E-state index in [4.69, 9.17) is 9.47 Å². The summed E-state index contributed by atoms with van der Waals surface area (Å²) in [6, 6.07) is 0. The number of hydrogen-bond acceptors (Lipinski definition) is 4. The lowest BCUT2D eigenvalue weighted by Crippen LogP contribution is -2.24. The van der Waals surface area contributed by atoms with Crippen LogP contribution in [0.5, 0.6) is 0 Å². The second-order valence-electron chi connectivity index (χ2n) is 6.57. The summed E-state index contributed by atoms with van der Waals surface area (Å²) in [5.74, 6) is 0.822. The molecule has 0 aromatic heterocycles. The maximum atomic E-state index is 9.76. The van der Waals surface area contributed by atoms with Crippen LogP contribution in [0.3, 0.4) is 0 Å². The summed E-state index contributed by atoms with van der Waals surface area (Å²) in [6.45, 7) is 5.75. The number of aliphatic hydroxyl groups excluding tert-OH is 1. The van der Waals surface area contributed by atoms with E-state index < -0.39 is 6.10 Å². The molecule has 3 nitrogen and oxygen atoms in total. The van der Waals surface area contributed by atoms with Crippen molar-refractivity contribution in [3.63, 3.8) is 0 Å². The minimum Gasteiger partial charge on any atom is -0.388 e. The lowest BCUT2D eigenvalue weighted by molar-refractivity contribution is -0.0416. The van der Waals surface area contributed by atoms with Crippen molar-refractivity contribution < 1.29 is 14.6 Å². The van der Waals surface area contributed by atoms with Gasteiger partial charge < -0.3 is 14.6 Å². The maximum absolute atomic E-state index is 9.76. The van der Waals surface area contributed by atoms with Crippen LogP contribution in [0.4, 0.5) is 0 Å². The number of aliphatic hydroxyl groups is 1. The van der Waals surface area contributed by atoms with Gasteiger partial charge in [0.05, 0.1) is 19.3 Å². The first-order valence-corrected chi connectivity index (χ1v) is 10.3. The third-order valence-corrected chi connectivity index (χ3v) is 4.36. The Hall–Kier alpha value is 0.230. The molecule has 23 heavy (non-hydrogen) atoms. The predicted octanol–water partition coefficient (Wildman–Crippen LogP) is 5.01. The second kappa shape index (κ2) is 18.6. The molecule has 0 aromatic rings. The van der Waals surface area contributed by atoms with Crippen LogP contribution in [0.2, 0.25) is 0 Å². The molecule has 1 N–H and O–H groups in total. The van der Waals surface area contributed by atoms with Crippen molar-refractivity contribution in [2.75, 3.05) is 25.6 Å². The molecular weight excluding hydrogens is 308 g/mol. The van der Waals surface area contributed by atoms with E-state index >= 15 is 0 Å². The van der Waals surface area contributed by atoms with Crippen LogP contribution >= 0.6 is 12.6 Å². The monoisotopic (exact) mass is 348 g/mol. The zero-order chi connectivity index (χ0) is 17.2. The van der Waals surface area contributed by atoms with Gasteiger partial charge in [-0.25, -0.2) is 0 Å². The number of unbranched alkanes of at least 4 members (excludes halogenated alkanes) is 8. The molecule has 0 aromatic carbocycles. The molecule has 140 valence electrons. The highest BCUT2D eigenvalue weighted by atomic mass is 32.1. The second-order valence-corrected chi connectivity index (χ2v) is 7.01. The molecule has 0 aliphatic rings. The van der Waals surface area contributed by atoms with Crippen molar-refractivity contribution in [2.45, 2.75) is 96.7 Å². The molecule has 2 unspecified atom stereocenters. The van der Waals surface area contributed by atoms with Gasteiger partial charge in [0.1, 0.15) is 6.10 Å². The highest BCUT2D eigenvalue weighted by molar-refractivity contribution is 7.80. The van der Waals surface area contributed by atoms with E-state index in [9.17, 15) is 5.11 Å². The third kappa shape index (κ3) is 18.4. The first kappa shape index (κ1) is 23.2. The summed E-state index contributed by atoms with van der Waals surface area (Å²) in [5.41, 5.74) is 0. The molecule has 0 radical (unpaired) electrons. The van der Waals surface area contributed by atoms with E-state index in [0.717, 1.165) is 18.6 Å². The summed E-state index contributed by atoms with van der Waals surface area (Å²) in [6.07, 6.45) is 13.9. The van der Waals surface area contributed by atoms with Crippen molar-refractivity contribution in [1.82, 2.24) is 0 Å². The molecule has 0 rings (SSSR count). The van der Waals surface area contributed by atoms with Crippen LogP contribution in [0, 0.1) is 0 Å². The highest BCUT2D eigenvalue weighted by Crippen LogP contribution is 2.12. The molecule has 0 saturated carbocycles.